The Balaban J connectivity index is 1.71. The lowest BCUT2D eigenvalue weighted by Gasteiger charge is -2.12. The first kappa shape index (κ1) is 16.6. The minimum absolute atomic E-state index is 0.174. The summed E-state index contributed by atoms with van der Waals surface area (Å²) in [6.45, 7) is 2.21. The third-order valence-corrected chi connectivity index (χ3v) is 3.59. The molecule has 0 unspecified atom stereocenters. The van der Waals surface area contributed by atoms with Crippen LogP contribution in [0.1, 0.15) is 6.92 Å². The number of fused-ring (bicyclic) bond motifs is 1. The van der Waals surface area contributed by atoms with Gasteiger partial charge in [-0.05, 0) is 37.3 Å². The Morgan fingerprint density at radius 1 is 1.00 bits per heavy atom. The highest BCUT2D eigenvalue weighted by molar-refractivity contribution is 5.94. The van der Waals surface area contributed by atoms with Gasteiger partial charge in [-0.25, -0.2) is 0 Å². The Bertz CT molecular complexity index is 949. The highest BCUT2D eigenvalue weighted by atomic mass is 16.5. The van der Waals surface area contributed by atoms with E-state index < -0.39 is 0 Å². The van der Waals surface area contributed by atoms with Gasteiger partial charge in [0, 0.05) is 11.6 Å². The zero-order chi connectivity index (χ0) is 17.6. The zero-order valence-electron chi connectivity index (χ0n) is 13.7. The maximum Gasteiger partial charge on any atom is 0.262 e. The van der Waals surface area contributed by atoms with Crippen LogP contribution in [-0.2, 0) is 4.79 Å². The van der Waals surface area contributed by atoms with E-state index in [0.717, 1.165) is 0 Å². The largest absolute Gasteiger partial charge is 0.492 e. The van der Waals surface area contributed by atoms with Crippen molar-refractivity contribution in [3.63, 3.8) is 0 Å². The third-order valence-electron chi connectivity index (χ3n) is 3.59. The standard InChI is InChI=1S/C19H18N2O4/c1-2-24-17-8-4-3-7-15(17)21-18(22)12-25-16-9-5-6-14-13(16)10-11-20-19(14)23/h3-11H,2,12H2,1H3,(H,20,23)(H,21,22). The van der Waals surface area contributed by atoms with E-state index in [-0.39, 0.29) is 18.1 Å². The second-order valence-electron chi connectivity index (χ2n) is 5.29. The summed E-state index contributed by atoms with van der Waals surface area (Å²) in [6, 6.07) is 14.1. The Labute approximate surface area is 144 Å². The monoisotopic (exact) mass is 338 g/mol. The summed E-state index contributed by atoms with van der Waals surface area (Å²) in [4.78, 5) is 26.6. The average Bonchev–Trinajstić information content (AvgIpc) is 2.62. The summed E-state index contributed by atoms with van der Waals surface area (Å²) in [5.74, 6) is 0.779. The predicted molar refractivity (Wildman–Crippen MR) is 96.3 cm³/mol. The number of hydrogen-bond donors (Lipinski definition) is 2. The van der Waals surface area contributed by atoms with Crippen molar-refractivity contribution in [2.24, 2.45) is 0 Å². The van der Waals surface area contributed by atoms with Gasteiger partial charge >= 0.3 is 0 Å². The molecule has 0 radical (unpaired) electrons. The molecule has 6 heteroatoms. The first-order valence-corrected chi connectivity index (χ1v) is 7.94. The van der Waals surface area contributed by atoms with Gasteiger partial charge in [0.25, 0.3) is 11.5 Å². The lowest BCUT2D eigenvalue weighted by Crippen LogP contribution is -2.20. The first-order chi connectivity index (χ1) is 12.2. The number of aromatic nitrogens is 1. The minimum atomic E-state index is -0.311. The van der Waals surface area contributed by atoms with Gasteiger partial charge in [0.2, 0.25) is 0 Å². The number of amides is 1. The molecule has 0 spiro atoms. The van der Waals surface area contributed by atoms with Gasteiger partial charge in [0.05, 0.1) is 17.7 Å². The van der Waals surface area contributed by atoms with Gasteiger partial charge in [0.15, 0.2) is 6.61 Å². The number of aromatic amines is 1. The summed E-state index contributed by atoms with van der Waals surface area (Å²) in [7, 11) is 0. The molecule has 128 valence electrons. The molecule has 25 heavy (non-hydrogen) atoms. The molecule has 0 bridgehead atoms. The molecule has 0 aliphatic heterocycles. The number of hydrogen-bond acceptors (Lipinski definition) is 4. The van der Waals surface area contributed by atoms with Crippen LogP contribution in [-0.4, -0.2) is 24.1 Å². The number of nitrogens with one attached hydrogen (secondary N) is 2. The maximum atomic E-state index is 12.2. The average molecular weight is 338 g/mol. The number of pyridine rings is 1. The van der Waals surface area contributed by atoms with Crippen LogP contribution in [0.3, 0.4) is 0 Å². The van der Waals surface area contributed by atoms with Crippen molar-refractivity contribution in [2.45, 2.75) is 6.92 Å². The Hall–Kier alpha value is -3.28. The number of benzene rings is 2. The summed E-state index contributed by atoms with van der Waals surface area (Å²) < 4.78 is 11.1. The Morgan fingerprint density at radius 2 is 1.80 bits per heavy atom. The van der Waals surface area contributed by atoms with Crippen LogP contribution in [0.2, 0.25) is 0 Å². The highest BCUT2D eigenvalue weighted by Gasteiger charge is 2.10. The molecule has 0 aliphatic carbocycles. The molecule has 2 aromatic carbocycles. The molecular formula is C19H18N2O4. The van der Waals surface area contributed by atoms with Crippen LogP contribution in [0.5, 0.6) is 11.5 Å². The van der Waals surface area contributed by atoms with Crippen LogP contribution in [0, 0.1) is 0 Å². The van der Waals surface area contributed by atoms with E-state index >= 15 is 0 Å². The van der Waals surface area contributed by atoms with Crippen molar-refractivity contribution in [1.82, 2.24) is 4.98 Å². The van der Waals surface area contributed by atoms with Gasteiger partial charge in [-0.3, -0.25) is 9.59 Å². The first-order valence-electron chi connectivity index (χ1n) is 7.94. The molecule has 0 aliphatic rings. The molecule has 6 nitrogen and oxygen atoms in total. The minimum Gasteiger partial charge on any atom is -0.492 e. The number of carbonyl (C=O) groups is 1. The fraction of sp³-hybridized carbons (Fsp3) is 0.158. The molecule has 1 heterocycles. The van der Waals surface area contributed by atoms with Crippen LogP contribution in [0.25, 0.3) is 10.8 Å². The van der Waals surface area contributed by atoms with Crippen molar-refractivity contribution in [2.75, 3.05) is 18.5 Å². The highest BCUT2D eigenvalue weighted by Crippen LogP contribution is 2.24. The van der Waals surface area contributed by atoms with Gasteiger partial charge in [-0.2, -0.15) is 0 Å². The van der Waals surface area contributed by atoms with Crippen LogP contribution >= 0.6 is 0 Å². The maximum absolute atomic E-state index is 12.2. The summed E-state index contributed by atoms with van der Waals surface area (Å²) in [5.41, 5.74) is 0.394. The van der Waals surface area contributed by atoms with Gasteiger partial charge in [0.1, 0.15) is 11.5 Å². The summed E-state index contributed by atoms with van der Waals surface area (Å²) in [6.07, 6.45) is 1.55. The number of H-pyrrole nitrogens is 1. The normalized spacial score (nSPS) is 10.4. The number of carbonyl (C=O) groups excluding carboxylic acids is 1. The SMILES string of the molecule is CCOc1ccccc1NC(=O)COc1cccc2c(=O)[nH]ccc12. The molecule has 0 saturated heterocycles. The van der Waals surface area contributed by atoms with Gasteiger partial charge in [-0.1, -0.05) is 18.2 Å². The molecule has 1 aromatic heterocycles. The lowest BCUT2D eigenvalue weighted by molar-refractivity contribution is -0.118. The van der Waals surface area contributed by atoms with E-state index in [1.54, 1.807) is 42.6 Å². The third kappa shape index (κ3) is 3.80. The summed E-state index contributed by atoms with van der Waals surface area (Å²) >= 11 is 0. The fourth-order valence-corrected chi connectivity index (χ4v) is 2.50. The molecule has 3 rings (SSSR count). The van der Waals surface area contributed by atoms with Crippen LogP contribution in [0.4, 0.5) is 5.69 Å². The molecule has 0 saturated carbocycles. The van der Waals surface area contributed by atoms with Gasteiger partial charge < -0.3 is 19.8 Å². The van der Waals surface area contributed by atoms with E-state index in [0.29, 0.717) is 34.6 Å². The van der Waals surface area contributed by atoms with E-state index in [9.17, 15) is 9.59 Å². The second-order valence-corrected chi connectivity index (χ2v) is 5.29. The predicted octanol–water partition coefficient (Wildman–Crippen LogP) is 2.94. The fourth-order valence-electron chi connectivity index (χ4n) is 2.50. The quantitative estimate of drug-likeness (QED) is 0.724. The molecule has 1 amide bonds. The van der Waals surface area contributed by atoms with Crippen molar-refractivity contribution in [3.8, 4) is 11.5 Å². The molecule has 0 atom stereocenters. The van der Waals surface area contributed by atoms with E-state index in [2.05, 4.69) is 10.3 Å². The van der Waals surface area contributed by atoms with Crippen LogP contribution < -0.4 is 20.3 Å². The molecular weight excluding hydrogens is 320 g/mol. The topological polar surface area (TPSA) is 80.4 Å². The number of ether oxygens (including phenoxy) is 2. The molecule has 3 aromatic rings. The molecule has 2 N–H and O–H groups in total. The van der Waals surface area contributed by atoms with Crippen molar-refractivity contribution >= 4 is 22.4 Å². The zero-order valence-corrected chi connectivity index (χ0v) is 13.7. The van der Waals surface area contributed by atoms with E-state index in [4.69, 9.17) is 9.47 Å². The second kappa shape index (κ2) is 7.53. The van der Waals surface area contributed by atoms with Crippen molar-refractivity contribution in [1.29, 1.82) is 0 Å². The Kier molecular flexibility index (Phi) is 4.99. The number of rotatable bonds is 6. The molecule has 0 fully saturated rings. The van der Waals surface area contributed by atoms with Crippen molar-refractivity contribution < 1.29 is 14.3 Å². The van der Waals surface area contributed by atoms with Gasteiger partial charge in [-0.15, -0.1) is 0 Å². The lowest BCUT2D eigenvalue weighted by atomic mass is 10.1. The number of para-hydroxylation sites is 2. The summed E-state index contributed by atoms with van der Waals surface area (Å²) in [5, 5.41) is 3.94. The van der Waals surface area contributed by atoms with Crippen molar-refractivity contribution in [3.05, 3.63) is 65.1 Å². The van der Waals surface area contributed by atoms with E-state index in [1.807, 2.05) is 19.1 Å². The smallest absolute Gasteiger partial charge is 0.262 e. The van der Waals surface area contributed by atoms with E-state index in [1.165, 1.54) is 0 Å². The van der Waals surface area contributed by atoms with Crippen LogP contribution in [0.15, 0.2) is 59.5 Å². The number of anilines is 1. The Morgan fingerprint density at radius 3 is 2.64 bits per heavy atom.